The summed E-state index contributed by atoms with van der Waals surface area (Å²) in [6, 6.07) is 25.7. The van der Waals surface area contributed by atoms with Gasteiger partial charge >= 0.3 is 0 Å². The number of pyridine rings is 1. The summed E-state index contributed by atoms with van der Waals surface area (Å²) in [5, 5.41) is 3.23. The second kappa shape index (κ2) is 8.97. The molecule has 150 valence electrons. The number of anilines is 1. The molecule has 1 unspecified atom stereocenters. The van der Waals surface area contributed by atoms with Crippen LogP contribution in [0.5, 0.6) is 0 Å². The maximum Gasteiger partial charge on any atom is 0.238 e. The lowest BCUT2D eigenvalue weighted by Crippen LogP contribution is -2.23. The third-order valence-electron chi connectivity index (χ3n) is 4.59. The summed E-state index contributed by atoms with van der Waals surface area (Å²) >= 11 is 1.39. The largest absolute Gasteiger partial charge is 0.332 e. The number of nitrogens with zero attached hydrogens (tertiary/aromatic N) is 2. The first-order valence-corrected chi connectivity index (χ1v) is 10.6. The Morgan fingerprint density at radius 2 is 1.57 bits per heavy atom. The molecule has 0 saturated heterocycles. The Bertz CT molecular complexity index is 1090. The van der Waals surface area contributed by atoms with Crippen LogP contribution in [0.15, 0.2) is 84.0 Å². The van der Waals surface area contributed by atoms with Gasteiger partial charge in [0.15, 0.2) is 5.16 Å². The van der Waals surface area contributed by atoms with Crippen molar-refractivity contribution in [3.8, 4) is 22.5 Å². The van der Waals surface area contributed by atoms with Crippen LogP contribution in [-0.4, -0.2) is 26.1 Å². The van der Waals surface area contributed by atoms with Crippen LogP contribution < -0.4 is 5.32 Å². The molecule has 0 bridgehead atoms. The van der Waals surface area contributed by atoms with E-state index in [2.05, 4.69) is 15.3 Å². The molecule has 6 heteroatoms. The van der Waals surface area contributed by atoms with E-state index in [9.17, 15) is 4.79 Å². The molecule has 30 heavy (non-hydrogen) atoms. The predicted molar refractivity (Wildman–Crippen MR) is 122 cm³/mol. The van der Waals surface area contributed by atoms with Crippen LogP contribution in [0.1, 0.15) is 12.6 Å². The van der Waals surface area contributed by atoms with Gasteiger partial charge in [0.05, 0.1) is 16.6 Å². The van der Waals surface area contributed by atoms with Gasteiger partial charge in [-0.3, -0.25) is 4.79 Å². The van der Waals surface area contributed by atoms with Gasteiger partial charge in [-0.1, -0.05) is 78.5 Å². The molecule has 4 aromatic rings. The van der Waals surface area contributed by atoms with E-state index in [0.717, 1.165) is 28.2 Å². The average molecular weight is 415 g/mol. The third kappa shape index (κ3) is 4.60. The minimum atomic E-state index is -0.342. The van der Waals surface area contributed by atoms with Crippen molar-refractivity contribution in [2.45, 2.75) is 24.3 Å². The van der Waals surface area contributed by atoms with Gasteiger partial charge in [-0.05, 0) is 26.0 Å². The molecule has 2 aromatic heterocycles. The molecule has 0 radical (unpaired) electrons. The highest BCUT2D eigenvalue weighted by molar-refractivity contribution is 8.00. The second-order valence-corrected chi connectivity index (χ2v) is 8.24. The van der Waals surface area contributed by atoms with E-state index in [1.807, 2.05) is 86.6 Å². The molecule has 0 aliphatic rings. The number of carbonyl (C=O) groups excluding carboxylic acids is 1. The van der Waals surface area contributed by atoms with Gasteiger partial charge in [0, 0.05) is 16.8 Å². The summed E-state index contributed by atoms with van der Waals surface area (Å²) < 4.78 is 0. The Hall–Kier alpha value is -3.38. The zero-order valence-electron chi connectivity index (χ0n) is 16.8. The number of hydrogen-bond donors (Lipinski definition) is 2. The summed E-state index contributed by atoms with van der Waals surface area (Å²) in [6.07, 6.45) is 0. The minimum Gasteiger partial charge on any atom is -0.332 e. The van der Waals surface area contributed by atoms with Gasteiger partial charge in [0.25, 0.3) is 0 Å². The molecule has 2 N–H and O–H groups in total. The van der Waals surface area contributed by atoms with Crippen LogP contribution in [0.3, 0.4) is 0 Å². The maximum absolute atomic E-state index is 12.6. The van der Waals surface area contributed by atoms with Crippen molar-refractivity contribution >= 4 is 23.5 Å². The lowest BCUT2D eigenvalue weighted by molar-refractivity contribution is -0.115. The van der Waals surface area contributed by atoms with Gasteiger partial charge in [-0.2, -0.15) is 0 Å². The number of aryl methyl sites for hydroxylation is 1. The lowest BCUT2D eigenvalue weighted by Gasteiger charge is -2.10. The molecule has 0 saturated carbocycles. The predicted octanol–water partition coefficient (Wildman–Crippen LogP) is 5.57. The van der Waals surface area contributed by atoms with Crippen LogP contribution >= 0.6 is 11.8 Å². The highest BCUT2D eigenvalue weighted by Gasteiger charge is 2.20. The van der Waals surface area contributed by atoms with Crippen molar-refractivity contribution in [2.75, 3.05) is 5.32 Å². The van der Waals surface area contributed by atoms with E-state index in [4.69, 9.17) is 4.98 Å². The van der Waals surface area contributed by atoms with Crippen molar-refractivity contribution in [1.82, 2.24) is 15.0 Å². The quantitative estimate of drug-likeness (QED) is 0.405. The van der Waals surface area contributed by atoms with Crippen LogP contribution in [0.2, 0.25) is 0 Å². The Kier molecular flexibility index (Phi) is 5.95. The third-order valence-corrected chi connectivity index (χ3v) is 5.57. The number of thioether (sulfide) groups is 1. The van der Waals surface area contributed by atoms with Crippen LogP contribution in [0.4, 0.5) is 5.82 Å². The monoisotopic (exact) mass is 414 g/mol. The fraction of sp³-hybridized carbons (Fsp3) is 0.125. The van der Waals surface area contributed by atoms with Gasteiger partial charge in [0.2, 0.25) is 5.91 Å². The molecule has 5 nitrogen and oxygen atoms in total. The number of aromatic nitrogens is 3. The number of benzene rings is 2. The standard InChI is InChI=1S/C24H22N4OS/c1-16-10-9-15-20(25-16)26-23(29)17(2)30-24-27-21(18-11-5-3-6-12-18)22(28-24)19-13-7-4-8-14-19/h3-15,17H,1-2H3,(H,27,28)(H,25,26,29). The fourth-order valence-electron chi connectivity index (χ4n) is 3.09. The fourth-order valence-corrected chi connectivity index (χ4v) is 3.89. The lowest BCUT2D eigenvalue weighted by atomic mass is 10.1. The average Bonchev–Trinajstić information content (AvgIpc) is 3.19. The zero-order valence-corrected chi connectivity index (χ0v) is 17.6. The molecule has 4 rings (SSSR count). The normalized spacial score (nSPS) is 11.8. The highest BCUT2D eigenvalue weighted by Crippen LogP contribution is 2.33. The van der Waals surface area contributed by atoms with E-state index in [1.165, 1.54) is 11.8 Å². The number of rotatable bonds is 6. The SMILES string of the molecule is Cc1cccc(NC(=O)C(C)Sc2nc(-c3ccccc3)c(-c3ccccc3)[nH]2)n1. The number of imidazole rings is 1. The van der Waals surface area contributed by atoms with E-state index in [0.29, 0.717) is 11.0 Å². The number of hydrogen-bond acceptors (Lipinski definition) is 4. The number of carbonyl (C=O) groups is 1. The first kappa shape index (κ1) is 19.9. The molecular weight excluding hydrogens is 392 g/mol. The molecule has 1 amide bonds. The second-order valence-electron chi connectivity index (χ2n) is 6.91. The number of H-pyrrole nitrogens is 1. The first-order chi connectivity index (χ1) is 14.6. The summed E-state index contributed by atoms with van der Waals surface area (Å²) in [4.78, 5) is 25.2. The molecule has 0 fully saturated rings. The Labute approximate surface area is 180 Å². The van der Waals surface area contributed by atoms with Crippen molar-refractivity contribution in [1.29, 1.82) is 0 Å². The van der Waals surface area contributed by atoms with Crippen LogP contribution in [-0.2, 0) is 4.79 Å². The van der Waals surface area contributed by atoms with Gasteiger partial charge < -0.3 is 10.3 Å². The summed E-state index contributed by atoms with van der Waals surface area (Å²) in [5.41, 5.74) is 4.76. The molecule has 0 aliphatic heterocycles. The van der Waals surface area contributed by atoms with Gasteiger partial charge in [0.1, 0.15) is 5.82 Å². The van der Waals surface area contributed by atoms with E-state index >= 15 is 0 Å². The molecule has 2 heterocycles. The van der Waals surface area contributed by atoms with Gasteiger partial charge in [-0.15, -0.1) is 0 Å². The van der Waals surface area contributed by atoms with Crippen LogP contribution in [0, 0.1) is 6.92 Å². The molecule has 1 atom stereocenters. The Morgan fingerprint density at radius 3 is 2.23 bits per heavy atom. The van der Waals surface area contributed by atoms with E-state index in [-0.39, 0.29) is 11.2 Å². The number of aromatic amines is 1. The van der Waals surface area contributed by atoms with E-state index in [1.54, 1.807) is 6.07 Å². The Morgan fingerprint density at radius 1 is 0.900 bits per heavy atom. The van der Waals surface area contributed by atoms with E-state index < -0.39 is 0 Å². The molecule has 2 aromatic carbocycles. The Balaban J connectivity index is 1.58. The van der Waals surface area contributed by atoms with Crippen molar-refractivity contribution in [3.63, 3.8) is 0 Å². The minimum absolute atomic E-state index is 0.114. The summed E-state index contributed by atoms with van der Waals surface area (Å²) in [6.45, 7) is 3.76. The molecular formula is C24H22N4OS. The van der Waals surface area contributed by atoms with Gasteiger partial charge in [-0.25, -0.2) is 9.97 Å². The van der Waals surface area contributed by atoms with Crippen molar-refractivity contribution in [3.05, 3.63) is 84.6 Å². The van der Waals surface area contributed by atoms with Crippen molar-refractivity contribution < 1.29 is 4.79 Å². The number of amides is 1. The topological polar surface area (TPSA) is 70.7 Å². The highest BCUT2D eigenvalue weighted by atomic mass is 32.2. The summed E-state index contributed by atoms with van der Waals surface area (Å²) in [7, 11) is 0. The summed E-state index contributed by atoms with van der Waals surface area (Å²) in [5.74, 6) is 0.443. The van der Waals surface area contributed by atoms with Crippen molar-refractivity contribution in [2.24, 2.45) is 0 Å². The van der Waals surface area contributed by atoms with Crippen LogP contribution in [0.25, 0.3) is 22.5 Å². The zero-order chi connectivity index (χ0) is 20.9. The first-order valence-electron chi connectivity index (χ1n) is 9.72. The smallest absolute Gasteiger partial charge is 0.238 e. The molecule has 0 aliphatic carbocycles. The number of nitrogens with one attached hydrogen (secondary N) is 2. The molecule has 0 spiro atoms. The maximum atomic E-state index is 12.6.